The molecule has 17 heavy (non-hydrogen) atoms. The van der Waals surface area contributed by atoms with Crippen molar-refractivity contribution in [3.8, 4) is 22.9 Å². The van der Waals surface area contributed by atoms with Gasteiger partial charge in [-0.15, -0.1) is 0 Å². The largest absolute Gasteiger partial charge is 0.497 e. The van der Waals surface area contributed by atoms with Crippen molar-refractivity contribution in [2.24, 2.45) is 7.05 Å². The Morgan fingerprint density at radius 2 is 1.76 bits per heavy atom. The van der Waals surface area contributed by atoms with Crippen LogP contribution < -0.4 is 9.47 Å². The molecule has 1 N–H and O–H groups in total. The Morgan fingerprint density at radius 1 is 1.18 bits per heavy atom. The van der Waals surface area contributed by atoms with E-state index in [1.54, 1.807) is 18.8 Å². The molecule has 0 atom stereocenters. The van der Waals surface area contributed by atoms with Crippen LogP contribution in [0.4, 0.5) is 0 Å². The average Bonchev–Trinajstić information content (AvgIpc) is 2.69. The maximum absolute atomic E-state index is 5.21. The summed E-state index contributed by atoms with van der Waals surface area (Å²) in [6, 6.07) is 5.58. The third-order valence-corrected chi connectivity index (χ3v) is 2.85. The van der Waals surface area contributed by atoms with Crippen molar-refractivity contribution in [2.45, 2.75) is 0 Å². The van der Waals surface area contributed by atoms with Crippen LogP contribution in [0, 0.1) is 4.77 Å². The molecule has 2 aromatic rings. The van der Waals surface area contributed by atoms with Crippen LogP contribution in [-0.2, 0) is 7.05 Å². The van der Waals surface area contributed by atoms with Gasteiger partial charge in [0.25, 0.3) is 0 Å². The highest BCUT2D eigenvalue weighted by molar-refractivity contribution is 7.71. The van der Waals surface area contributed by atoms with E-state index in [4.69, 9.17) is 21.7 Å². The van der Waals surface area contributed by atoms with Crippen LogP contribution in [0.5, 0.6) is 11.5 Å². The first-order chi connectivity index (χ1) is 8.15. The van der Waals surface area contributed by atoms with E-state index >= 15 is 0 Å². The zero-order chi connectivity index (χ0) is 12.4. The number of hydrogen-bond donors (Lipinski definition) is 1. The Labute approximate surface area is 104 Å². The molecule has 0 spiro atoms. The van der Waals surface area contributed by atoms with Gasteiger partial charge in [-0.3, -0.25) is 5.10 Å². The second-order valence-electron chi connectivity index (χ2n) is 3.51. The molecule has 0 bridgehead atoms. The predicted octanol–water partition coefficient (Wildman–Crippen LogP) is 2.16. The van der Waals surface area contributed by atoms with Crippen molar-refractivity contribution in [2.75, 3.05) is 14.2 Å². The van der Waals surface area contributed by atoms with Gasteiger partial charge in [0.2, 0.25) is 0 Å². The normalized spacial score (nSPS) is 10.3. The number of nitrogens with zero attached hydrogens (tertiary/aromatic N) is 2. The molecule has 1 aromatic heterocycles. The predicted molar refractivity (Wildman–Crippen MR) is 66.9 cm³/mol. The van der Waals surface area contributed by atoms with Gasteiger partial charge < -0.3 is 14.0 Å². The van der Waals surface area contributed by atoms with Gasteiger partial charge in [0, 0.05) is 18.7 Å². The lowest BCUT2D eigenvalue weighted by Gasteiger charge is -2.07. The smallest absolute Gasteiger partial charge is 0.195 e. The van der Waals surface area contributed by atoms with Gasteiger partial charge in [-0.05, 0) is 24.4 Å². The molecule has 0 radical (unpaired) electrons. The monoisotopic (exact) mass is 251 g/mol. The van der Waals surface area contributed by atoms with Gasteiger partial charge in [0.05, 0.1) is 14.2 Å². The van der Waals surface area contributed by atoms with Crippen molar-refractivity contribution in [3.05, 3.63) is 23.0 Å². The standard InChI is InChI=1S/C11H13N3O2S/c1-14-10(12-13-11(14)17)7-4-8(15-2)6-9(5-7)16-3/h4-6H,1-3H3,(H,13,17). The zero-order valence-electron chi connectivity index (χ0n) is 9.85. The fraction of sp³-hybridized carbons (Fsp3) is 0.273. The number of aromatic amines is 1. The lowest BCUT2D eigenvalue weighted by atomic mass is 10.2. The van der Waals surface area contributed by atoms with E-state index in [1.807, 2.05) is 25.2 Å². The number of H-pyrrole nitrogens is 1. The van der Waals surface area contributed by atoms with E-state index in [0.29, 0.717) is 16.3 Å². The zero-order valence-corrected chi connectivity index (χ0v) is 10.7. The molecule has 0 unspecified atom stereocenters. The van der Waals surface area contributed by atoms with Crippen LogP contribution in [0.2, 0.25) is 0 Å². The van der Waals surface area contributed by atoms with Crippen molar-refractivity contribution < 1.29 is 9.47 Å². The first-order valence-electron chi connectivity index (χ1n) is 5.00. The Bertz CT molecular complexity index is 566. The highest BCUT2D eigenvalue weighted by Gasteiger charge is 2.09. The molecule has 0 amide bonds. The first-order valence-corrected chi connectivity index (χ1v) is 5.41. The van der Waals surface area contributed by atoms with Gasteiger partial charge in [-0.25, -0.2) is 0 Å². The molecule has 0 saturated heterocycles. The molecule has 90 valence electrons. The number of rotatable bonds is 3. The van der Waals surface area contributed by atoms with E-state index in [-0.39, 0.29) is 0 Å². The number of aromatic nitrogens is 3. The third-order valence-electron chi connectivity index (χ3n) is 2.49. The molecular formula is C11H13N3O2S. The topological polar surface area (TPSA) is 52.1 Å². The summed E-state index contributed by atoms with van der Waals surface area (Å²) in [5, 5.41) is 6.92. The molecule has 0 aliphatic carbocycles. The number of methoxy groups -OCH3 is 2. The Hall–Kier alpha value is -1.82. The third kappa shape index (κ3) is 2.16. The quantitative estimate of drug-likeness (QED) is 0.849. The summed E-state index contributed by atoms with van der Waals surface area (Å²) in [5.41, 5.74) is 0.885. The van der Waals surface area contributed by atoms with E-state index < -0.39 is 0 Å². The van der Waals surface area contributed by atoms with Gasteiger partial charge >= 0.3 is 0 Å². The molecule has 0 aliphatic heterocycles. The van der Waals surface area contributed by atoms with Crippen LogP contribution in [0.3, 0.4) is 0 Å². The van der Waals surface area contributed by atoms with Crippen molar-refractivity contribution in [1.29, 1.82) is 0 Å². The molecule has 6 heteroatoms. The fourth-order valence-corrected chi connectivity index (χ4v) is 1.67. The number of benzene rings is 1. The Kier molecular flexibility index (Phi) is 3.14. The SMILES string of the molecule is COc1cc(OC)cc(-c2n[nH]c(=S)n2C)c1. The van der Waals surface area contributed by atoms with Crippen molar-refractivity contribution >= 4 is 12.2 Å². The van der Waals surface area contributed by atoms with Crippen LogP contribution >= 0.6 is 12.2 Å². The minimum absolute atomic E-state index is 0.571. The fourth-order valence-electron chi connectivity index (χ4n) is 1.54. The maximum Gasteiger partial charge on any atom is 0.195 e. The molecule has 2 rings (SSSR count). The molecular weight excluding hydrogens is 238 g/mol. The van der Waals surface area contributed by atoms with Crippen molar-refractivity contribution in [1.82, 2.24) is 14.8 Å². The molecule has 0 aliphatic rings. The van der Waals surface area contributed by atoms with Gasteiger partial charge in [-0.2, -0.15) is 5.10 Å². The van der Waals surface area contributed by atoms with E-state index in [9.17, 15) is 0 Å². The highest BCUT2D eigenvalue weighted by Crippen LogP contribution is 2.28. The number of hydrogen-bond acceptors (Lipinski definition) is 4. The summed E-state index contributed by atoms with van der Waals surface area (Å²) >= 11 is 5.08. The maximum atomic E-state index is 5.21. The Balaban J connectivity index is 2.58. The molecule has 1 heterocycles. The van der Waals surface area contributed by atoms with E-state index in [1.165, 1.54) is 0 Å². The second kappa shape index (κ2) is 4.58. The minimum Gasteiger partial charge on any atom is -0.497 e. The van der Waals surface area contributed by atoms with E-state index in [2.05, 4.69) is 10.2 Å². The van der Waals surface area contributed by atoms with E-state index in [0.717, 1.165) is 11.4 Å². The number of ether oxygens (including phenoxy) is 2. The lowest BCUT2D eigenvalue weighted by molar-refractivity contribution is 0.394. The van der Waals surface area contributed by atoms with Crippen molar-refractivity contribution in [3.63, 3.8) is 0 Å². The summed E-state index contributed by atoms with van der Waals surface area (Å²) in [6.07, 6.45) is 0. The minimum atomic E-state index is 0.571. The number of nitrogens with one attached hydrogen (secondary N) is 1. The summed E-state index contributed by atoms with van der Waals surface area (Å²) in [5.74, 6) is 2.17. The van der Waals surface area contributed by atoms with Gasteiger partial charge in [-0.1, -0.05) is 0 Å². The molecule has 5 nitrogen and oxygen atoms in total. The van der Waals surface area contributed by atoms with Crippen LogP contribution in [-0.4, -0.2) is 29.0 Å². The highest BCUT2D eigenvalue weighted by atomic mass is 32.1. The molecule has 0 fully saturated rings. The summed E-state index contributed by atoms with van der Waals surface area (Å²) in [6.45, 7) is 0. The summed E-state index contributed by atoms with van der Waals surface area (Å²) in [4.78, 5) is 0. The van der Waals surface area contributed by atoms with Gasteiger partial charge in [0.1, 0.15) is 11.5 Å². The molecule has 1 aromatic carbocycles. The second-order valence-corrected chi connectivity index (χ2v) is 3.90. The van der Waals surface area contributed by atoms with Crippen LogP contribution in [0.15, 0.2) is 18.2 Å². The van der Waals surface area contributed by atoms with Crippen LogP contribution in [0.1, 0.15) is 0 Å². The summed E-state index contributed by atoms with van der Waals surface area (Å²) in [7, 11) is 5.08. The lowest BCUT2D eigenvalue weighted by Crippen LogP contribution is -1.94. The Morgan fingerprint density at radius 3 is 2.18 bits per heavy atom. The summed E-state index contributed by atoms with van der Waals surface area (Å²) < 4.78 is 12.8. The molecule has 0 saturated carbocycles. The average molecular weight is 251 g/mol. The first kappa shape index (κ1) is 11.7. The van der Waals surface area contributed by atoms with Crippen LogP contribution in [0.25, 0.3) is 11.4 Å². The van der Waals surface area contributed by atoms with Gasteiger partial charge in [0.15, 0.2) is 10.6 Å².